The van der Waals surface area contributed by atoms with Crippen molar-refractivity contribution in [2.24, 2.45) is 5.73 Å². The van der Waals surface area contributed by atoms with Crippen molar-refractivity contribution in [2.45, 2.75) is 29.6 Å². The number of carbonyl (C=O) groups excluding carboxylic acids is 3. The van der Waals surface area contributed by atoms with E-state index in [1.54, 1.807) is 30.0 Å². The number of rotatable bonds is 7. The standard InChI is InChI=1S/C21H25ClN4O6S2/c1-13(20(28)24-6-8-32-9-7-24)25-5-4-16(21(25)29)26(12-18(23)27)34(30,31)19-11-14-10-15(22)2-3-17(14)33-19/h2-3,10-11,13,16H,4-9,12H2,1H3,(H2,23,27)/t13-,16-/m0/s1. The van der Waals surface area contributed by atoms with E-state index in [9.17, 15) is 22.8 Å². The van der Waals surface area contributed by atoms with Crippen LogP contribution in [0.15, 0.2) is 28.5 Å². The van der Waals surface area contributed by atoms with Crippen LogP contribution in [0.5, 0.6) is 0 Å². The lowest BCUT2D eigenvalue weighted by atomic mass is 10.2. The van der Waals surface area contributed by atoms with Gasteiger partial charge < -0.3 is 20.3 Å². The quantitative estimate of drug-likeness (QED) is 0.567. The molecule has 0 aliphatic carbocycles. The number of sulfonamides is 1. The average molecular weight is 529 g/mol. The van der Waals surface area contributed by atoms with Crippen LogP contribution in [0.4, 0.5) is 0 Å². The van der Waals surface area contributed by atoms with E-state index in [-0.39, 0.29) is 23.1 Å². The molecule has 184 valence electrons. The van der Waals surface area contributed by atoms with Crippen molar-refractivity contribution >= 4 is 60.8 Å². The molecule has 0 unspecified atom stereocenters. The molecular formula is C21H25ClN4O6S2. The van der Waals surface area contributed by atoms with Crippen molar-refractivity contribution in [3.8, 4) is 0 Å². The Hall–Kier alpha value is -2.25. The fourth-order valence-electron chi connectivity index (χ4n) is 4.27. The minimum absolute atomic E-state index is 0.0188. The zero-order valence-electron chi connectivity index (χ0n) is 18.5. The van der Waals surface area contributed by atoms with Gasteiger partial charge in [-0.2, -0.15) is 4.31 Å². The second-order valence-corrected chi connectivity index (χ2v) is 11.9. The molecule has 1 aromatic heterocycles. The van der Waals surface area contributed by atoms with E-state index in [0.717, 1.165) is 15.6 Å². The predicted molar refractivity (Wildman–Crippen MR) is 127 cm³/mol. The first-order chi connectivity index (χ1) is 16.1. The number of amides is 3. The van der Waals surface area contributed by atoms with E-state index in [4.69, 9.17) is 22.1 Å². The lowest BCUT2D eigenvalue weighted by Crippen LogP contribution is -2.53. The fraction of sp³-hybridized carbons (Fsp3) is 0.476. The number of morpholine rings is 1. The van der Waals surface area contributed by atoms with Crippen molar-refractivity contribution in [2.75, 3.05) is 39.4 Å². The Morgan fingerprint density at radius 2 is 1.97 bits per heavy atom. The van der Waals surface area contributed by atoms with Gasteiger partial charge in [0.15, 0.2) is 0 Å². The smallest absolute Gasteiger partial charge is 0.253 e. The molecule has 1 aromatic carbocycles. The Morgan fingerprint density at radius 3 is 2.65 bits per heavy atom. The van der Waals surface area contributed by atoms with Gasteiger partial charge in [0, 0.05) is 29.4 Å². The van der Waals surface area contributed by atoms with Gasteiger partial charge in [-0.05, 0) is 43.0 Å². The van der Waals surface area contributed by atoms with Crippen LogP contribution in [0, 0.1) is 0 Å². The first kappa shape index (κ1) is 24.9. The van der Waals surface area contributed by atoms with Crippen LogP contribution >= 0.6 is 22.9 Å². The molecule has 2 saturated heterocycles. The highest BCUT2D eigenvalue weighted by Gasteiger charge is 2.45. The zero-order chi connectivity index (χ0) is 24.6. The van der Waals surface area contributed by atoms with Crippen molar-refractivity contribution in [1.29, 1.82) is 0 Å². The van der Waals surface area contributed by atoms with Crippen molar-refractivity contribution in [3.05, 3.63) is 29.3 Å². The maximum atomic E-state index is 13.5. The maximum Gasteiger partial charge on any atom is 0.253 e. The summed E-state index contributed by atoms with van der Waals surface area (Å²) in [6, 6.07) is 4.58. The molecule has 0 saturated carbocycles. The molecule has 3 amide bonds. The fourth-order valence-corrected chi connectivity index (χ4v) is 7.54. The summed E-state index contributed by atoms with van der Waals surface area (Å²) in [7, 11) is -4.23. The van der Waals surface area contributed by atoms with E-state index in [1.165, 1.54) is 11.0 Å². The van der Waals surface area contributed by atoms with Gasteiger partial charge in [-0.15, -0.1) is 11.3 Å². The van der Waals surface area contributed by atoms with Crippen LogP contribution in [-0.2, 0) is 29.1 Å². The first-order valence-corrected chi connectivity index (χ1v) is 13.4. The molecule has 34 heavy (non-hydrogen) atoms. The SMILES string of the molecule is C[C@@H](C(=O)N1CCOCC1)N1CC[C@H](N(CC(N)=O)S(=O)(=O)c2cc3cc(Cl)ccc3s2)C1=O. The highest BCUT2D eigenvalue weighted by Crippen LogP contribution is 2.34. The Bertz CT molecular complexity index is 1230. The third-order valence-electron chi connectivity index (χ3n) is 6.04. The number of benzene rings is 1. The first-order valence-electron chi connectivity index (χ1n) is 10.8. The molecule has 2 fully saturated rings. The highest BCUT2D eigenvalue weighted by molar-refractivity contribution is 7.91. The molecule has 13 heteroatoms. The summed E-state index contributed by atoms with van der Waals surface area (Å²) in [5.41, 5.74) is 5.36. The number of nitrogens with two attached hydrogens (primary N) is 1. The molecule has 0 radical (unpaired) electrons. The summed E-state index contributed by atoms with van der Waals surface area (Å²) < 4.78 is 33.9. The lowest BCUT2D eigenvalue weighted by molar-refractivity contribution is -0.146. The van der Waals surface area contributed by atoms with Gasteiger partial charge in [-0.25, -0.2) is 8.42 Å². The van der Waals surface area contributed by atoms with Crippen molar-refractivity contribution in [3.63, 3.8) is 0 Å². The maximum absolute atomic E-state index is 13.5. The monoisotopic (exact) mass is 528 g/mol. The van der Waals surface area contributed by atoms with E-state index in [2.05, 4.69) is 0 Å². The van der Waals surface area contributed by atoms with Gasteiger partial charge in [-0.1, -0.05) is 11.6 Å². The normalized spacial score (nSPS) is 20.3. The van der Waals surface area contributed by atoms with Gasteiger partial charge >= 0.3 is 0 Å². The predicted octanol–water partition coefficient (Wildman–Crippen LogP) is 0.879. The molecule has 2 aliphatic heterocycles. The van der Waals surface area contributed by atoms with E-state index in [1.807, 2.05) is 0 Å². The van der Waals surface area contributed by atoms with Crippen LogP contribution in [0.2, 0.25) is 5.02 Å². The highest BCUT2D eigenvalue weighted by atomic mass is 35.5. The molecule has 10 nitrogen and oxygen atoms in total. The summed E-state index contributed by atoms with van der Waals surface area (Å²) in [4.78, 5) is 41.0. The topological polar surface area (TPSA) is 130 Å². The van der Waals surface area contributed by atoms with E-state index >= 15 is 0 Å². The third-order valence-corrected chi connectivity index (χ3v) is 9.69. The Balaban J connectivity index is 1.60. The summed E-state index contributed by atoms with van der Waals surface area (Å²) >= 11 is 7.04. The number of hydrogen-bond acceptors (Lipinski definition) is 7. The minimum atomic E-state index is -4.23. The Labute approximate surface area is 206 Å². The van der Waals surface area contributed by atoms with E-state index in [0.29, 0.717) is 41.4 Å². The molecule has 4 rings (SSSR count). The molecule has 0 spiro atoms. The van der Waals surface area contributed by atoms with Crippen LogP contribution < -0.4 is 5.73 Å². The molecular weight excluding hydrogens is 504 g/mol. The molecule has 3 heterocycles. The number of halogens is 1. The Morgan fingerprint density at radius 1 is 1.26 bits per heavy atom. The second-order valence-electron chi connectivity index (χ2n) is 8.21. The molecule has 2 atom stereocenters. The summed E-state index contributed by atoms with van der Waals surface area (Å²) in [5.74, 6) is -1.62. The van der Waals surface area contributed by atoms with Crippen molar-refractivity contribution < 1.29 is 27.5 Å². The molecule has 2 N–H and O–H groups in total. The summed E-state index contributed by atoms with van der Waals surface area (Å²) in [6.07, 6.45) is 0.142. The average Bonchev–Trinajstić information content (AvgIpc) is 3.40. The number of ether oxygens (including phenoxy) is 1. The zero-order valence-corrected chi connectivity index (χ0v) is 20.9. The minimum Gasteiger partial charge on any atom is -0.378 e. The van der Waals surface area contributed by atoms with Gasteiger partial charge in [-0.3, -0.25) is 14.4 Å². The number of fused-ring (bicyclic) bond motifs is 1. The molecule has 2 aliphatic rings. The van der Waals surface area contributed by atoms with Gasteiger partial charge in [0.05, 0.1) is 19.8 Å². The number of likely N-dealkylation sites (tertiary alicyclic amines) is 1. The lowest BCUT2D eigenvalue weighted by Gasteiger charge is -2.33. The largest absolute Gasteiger partial charge is 0.378 e. The van der Waals surface area contributed by atoms with Crippen LogP contribution in [0.1, 0.15) is 13.3 Å². The van der Waals surface area contributed by atoms with Crippen LogP contribution in [0.3, 0.4) is 0 Å². The summed E-state index contributed by atoms with van der Waals surface area (Å²) in [5, 5.41) is 1.10. The Kier molecular flexibility index (Phi) is 7.15. The molecule has 0 bridgehead atoms. The van der Waals surface area contributed by atoms with Crippen molar-refractivity contribution in [1.82, 2.24) is 14.1 Å². The van der Waals surface area contributed by atoms with Crippen LogP contribution in [0.25, 0.3) is 10.1 Å². The van der Waals surface area contributed by atoms with Gasteiger partial charge in [0.2, 0.25) is 17.7 Å². The number of primary amides is 1. The third kappa shape index (κ3) is 4.78. The van der Waals surface area contributed by atoms with E-state index < -0.39 is 40.5 Å². The van der Waals surface area contributed by atoms with Gasteiger partial charge in [0.1, 0.15) is 16.3 Å². The second kappa shape index (κ2) is 9.78. The number of carbonyl (C=O) groups is 3. The summed E-state index contributed by atoms with van der Waals surface area (Å²) in [6.45, 7) is 2.90. The number of hydrogen-bond donors (Lipinski definition) is 1. The number of nitrogens with zero attached hydrogens (tertiary/aromatic N) is 3. The number of thiophene rings is 1. The van der Waals surface area contributed by atoms with Gasteiger partial charge in [0.25, 0.3) is 10.0 Å². The van der Waals surface area contributed by atoms with Crippen LogP contribution in [-0.4, -0.2) is 91.7 Å². The molecule has 2 aromatic rings.